The van der Waals surface area contributed by atoms with Crippen LogP contribution in [-0.2, 0) is 6.54 Å². The molecule has 0 aliphatic carbocycles. The third-order valence-electron chi connectivity index (χ3n) is 4.68. The van der Waals surface area contributed by atoms with Crippen molar-refractivity contribution in [1.82, 2.24) is 9.88 Å². The Balaban J connectivity index is 0.00000121. The van der Waals surface area contributed by atoms with Gasteiger partial charge in [-0.2, -0.15) is 0 Å². The van der Waals surface area contributed by atoms with Crippen LogP contribution in [-0.4, -0.2) is 36.1 Å². The second-order valence-electron chi connectivity index (χ2n) is 6.23. The van der Waals surface area contributed by atoms with Crippen LogP contribution in [0.4, 0.5) is 5.69 Å². The van der Waals surface area contributed by atoms with Gasteiger partial charge in [0.1, 0.15) is 0 Å². The van der Waals surface area contributed by atoms with E-state index in [9.17, 15) is 0 Å². The van der Waals surface area contributed by atoms with Crippen LogP contribution in [0.3, 0.4) is 0 Å². The molecule has 1 N–H and O–H groups in total. The first-order valence-corrected chi connectivity index (χ1v) is 8.93. The van der Waals surface area contributed by atoms with Gasteiger partial charge >= 0.3 is 0 Å². The number of aromatic nitrogens is 1. The Morgan fingerprint density at radius 2 is 1.65 bits per heavy atom. The van der Waals surface area contributed by atoms with Gasteiger partial charge in [-0.1, -0.05) is 35.3 Å². The minimum absolute atomic E-state index is 0. The highest BCUT2D eigenvalue weighted by molar-refractivity contribution is 6.42. The molecule has 4 rings (SSSR count). The summed E-state index contributed by atoms with van der Waals surface area (Å²) in [6.07, 6.45) is 2.01. The lowest BCUT2D eigenvalue weighted by Crippen LogP contribution is -3.00. The van der Waals surface area contributed by atoms with Crippen molar-refractivity contribution in [3.63, 3.8) is 0 Å². The first-order valence-electron chi connectivity index (χ1n) is 8.18. The Hall–Kier alpha value is -1.10. The molecule has 1 aliphatic heterocycles. The maximum atomic E-state index is 6.12. The number of H-pyrrole nitrogens is 1. The number of benzene rings is 2. The molecule has 0 radical (unpaired) electrons. The zero-order valence-corrected chi connectivity index (χ0v) is 17.1. The Morgan fingerprint density at radius 1 is 0.885 bits per heavy atom. The van der Waals surface area contributed by atoms with Gasteiger partial charge < -0.3 is 34.7 Å². The third-order valence-corrected chi connectivity index (χ3v) is 5.41. The summed E-state index contributed by atoms with van der Waals surface area (Å²) < 4.78 is 0. The highest BCUT2D eigenvalue weighted by Gasteiger charge is 2.19. The van der Waals surface area contributed by atoms with Crippen molar-refractivity contribution >= 4 is 39.8 Å². The van der Waals surface area contributed by atoms with Gasteiger partial charge in [-0.25, -0.2) is 0 Å². The van der Waals surface area contributed by atoms with Gasteiger partial charge in [0.15, 0.2) is 0 Å². The smallest absolute Gasteiger partial charge is 0.0595 e. The van der Waals surface area contributed by atoms with Crippen LogP contribution in [0.5, 0.6) is 0 Å². The fourth-order valence-electron chi connectivity index (χ4n) is 3.39. The van der Waals surface area contributed by atoms with Crippen molar-refractivity contribution < 1.29 is 24.8 Å². The van der Waals surface area contributed by atoms with E-state index in [2.05, 4.69) is 45.1 Å². The van der Waals surface area contributed by atoms with Gasteiger partial charge in [-0.05, 0) is 35.9 Å². The summed E-state index contributed by atoms with van der Waals surface area (Å²) in [5.41, 5.74) is 3.74. The maximum Gasteiger partial charge on any atom is 0.0595 e. The molecule has 0 bridgehead atoms. The molecule has 26 heavy (non-hydrogen) atoms. The van der Waals surface area contributed by atoms with Crippen LogP contribution < -0.4 is 29.7 Å². The molecule has 0 saturated carbocycles. The SMILES string of the molecule is Clc1ccc(CN2CCN(c3cccc4[nH]ccc34)CC2)cc1Cl.[Cl-].[Cl-]. The predicted molar refractivity (Wildman–Crippen MR) is 102 cm³/mol. The van der Waals surface area contributed by atoms with E-state index >= 15 is 0 Å². The van der Waals surface area contributed by atoms with Crippen molar-refractivity contribution in [2.24, 2.45) is 0 Å². The third kappa shape index (κ3) is 4.41. The van der Waals surface area contributed by atoms with Gasteiger partial charge in [0, 0.05) is 55.5 Å². The number of aromatic amines is 1. The van der Waals surface area contributed by atoms with E-state index < -0.39 is 0 Å². The van der Waals surface area contributed by atoms with Crippen LogP contribution in [0.25, 0.3) is 10.9 Å². The molecular weight excluding hydrogens is 412 g/mol. The highest BCUT2D eigenvalue weighted by Crippen LogP contribution is 2.27. The predicted octanol–water partition coefficient (Wildman–Crippen LogP) is -1.20. The number of rotatable bonds is 3. The molecule has 2 aromatic carbocycles. The fraction of sp³-hybridized carbons (Fsp3) is 0.263. The van der Waals surface area contributed by atoms with Crippen molar-refractivity contribution in [2.75, 3.05) is 31.1 Å². The van der Waals surface area contributed by atoms with Gasteiger partial charge in [0.05, 0.1) is 10.0 Å². The average Bonchev–Trinajstić information content (AvgIpc) is 3.08. The average molecular weight is 431 g/mol. The fourth-order valence-corrected chi connectivity index (χ4v) is 3.71. The lowest BCUT2D eigenvalue weighted by atomic mass is 10.1. The van der Waals surface area contributed by atoms with Crippen molar-refractivity contribution in [1.29, 1.82) is 0 Å². The quantitative estimate of drug-likeness (QED) is 0.564. The molecule has 140 valence electrons. The van der Waals surface area contributed by atoms with E-state index in [1.807, 2.05) is 18.3 Å². The molecule has 3 nitrogen and oxygen atoms in total. The summed E-state index contributed by atoms with van der Waals surface area (Å²) in [6, 6.07) is 14.5. The van der Waals surface area contributed by atoms with E-state index in [0.717, 1.165) is 32.7 Å². The highest BCUT2D eigenvalue weighted by atomic mass is 35.5. The standard InChI is InChI=1S/C19H19Cl2N3.2ClH/c20-16-5-4-14(12-17(16)21)13-23-8-10-24(11-9-23)19-3-1-2-18-15(19)6-7-22-18;;/h1-7,12,22H,8-11,13H2;2*1H/p-2. The summed E-state index contributed by atoms with van der Waals surface area (Å²) in [4.78, 5) is 8.23. The lowest BCUT2D eigenvalue weighted by molar-refractivity contribution is -0.001000. The molecule has 1 aliphatic rings. The van der Waals surface area contributed by atoms with Gasteiger partial charge in [0.25, 0.3) is 0 Å². The monoisotopic (exact) mass is 429 g/mol. The van der Waals surface area contributed by atoms with Crippen LogP contribution in [0.2, 0.25) is 10.0 Å². The van der Waals surface area contributed by atoms with E-state index in [-0.39, 0.29) is 24.8 Å². The summed E-state index contributed by atoms with van der Waals surface area (Å²) in [5.74, 6) is 0. The molecule has 0 atom stereocenters. The molecular formula is C19H19Cl4N3-2. The van der Waals surface area contributed by atoms with Gasteiger partial charge in [0.2, 0.25) is 0 Å². The number of anilines is 1. The summed E-state index contributed by atoms with van der Waals surface area (Å²) in [7, 11) is 0. The second kappa shape index (κ2) is 9.20. The summed E-state index contributed by atoms with van der Waals surface area (Å²) >= 11 is 12.1. The Labute approximate surface area is 176 Å². The normalized spacial score (nSPS) is 14.8. The number of fused-ring (bicyclic) bond motifs is 1. The van der Waals surface area contributed by atoms with Crippen molar-refractivity contribution in [3.05, 3.63) is 64.3 Å². The number of halogens is 4. The van der Waals surface area contributed by atoms with Crippen molar-refractivity contribution in [2.45, 2.75) is 6.54 Å². The number of nitrogens with one attached hydrogen (secondary N) is 1. The van der Waals surface area contributed by atoms with Crippen LogP contribution >= 0.6 is 23.2 Å². The number of hydrogen-bond acceptors (Lipinski definition) is 2. The number of nitrogens with zero attached hydrogens (tertiary/aromatic N) is 2. The number of piperazine rings is 1. The van der Waals surface area contributed by atoms with Crippen LogP contribution in [0.1, 0.15) is 5.56 Å². The van der Waals surface area contributed by atoms with E-state index in [1.54, 1.807) is 0 Å². The van der Waals surface area contributed by atoms with Gasteiger partial charge in [-0.15, -0.1) is 0 Å². The molecule has 0 amide bonds. The second-order valence-corrected chi connectivity index (χ2v) is 7.04. The number of hydrogen-bond donors (Lipinski definition) is 1. The minimum atomic E-state index is 0. The molecule has 2 heterocycles. The topological polar surface area (TPSA) is 22.3 Å². The molecule has 3 aromatic rings. The zero-order valence-electron chi connectivity index (χ0n) is 14.1. The molecule has 0 unspecified atom stereocenters. The molecule has 1 saturated heterocycles. The maximum absolute atomic E-state index is 6.12. The van der Waals surface area contributed by atoms with E-state index in [0.29, 0.717) is 10.0 Å². The van der Waals surface area contributed by atoms with Crippen molar-refractivity contribution in [3.8, 4) is 0 Å². The Bertz CT molecular complexity index is 857. The summed E-state index contributed by atoms with van der Waals surface area (Å²) in [6.45, 7) is 5.07. The lowest BCUT2D eigenvalue weighted by Gasteiger charge is -2.36. The zero-order chi connectivity index (χ0) is 16.5. The largest absolute Gasteiger partial charge is 1.00 e. The van der Waals surface area contributed by atoms with Crippen LogP contribution in [0, 0.1) is 0 Å². The molecule has 1 aromatic heterocycles. The molecule has 7 heteroatoms. The molecule has 1 fully saturated rings. The van der Waals surface area contributed by atoms with E-state index in [1.165, 1.54) is 22.2 Å². The Kier molecular flexibility index (Phi) is 7.51. The first kappa shape index (κ1) is 21.2. The van der Waals surface area contributed by atoms with E-state index in [4.69, 9.17) is 23.2 Å². The van der Waals surface area contributed by atoms with Gasteiger partial charge in [-0.3, -0.25) is 4.90 Å². The first-order chi connectivity index (χ1) is 11.7. The molecule has 0 spiro atoms. The Morgan fingerprint density at radius 3 is 2.38 bits per heavy atom. The minimum Gasteiger partial charge on any atom is -1.00 e. The summed E-state index contributed by atoms with van der Waals surface area (Å²) in [5, 5.41) is 2.55. The van der Waals surface area contributed by atoms with Crippen LogP contribution in [0.15, 0.2) is 48.7 Å².